The van der Waals surface area contributed by atoms with Crippen molar-refractivity contribution in [1.29, 1.82) is 0 Å². The van der Waals surface area contributed by atoms with Gasteiger partial charge in [-0.2, -0.15) is 11.8 Å². The maximum Gasteiger partial charge on any atom is 0.333 e. The van der Waals surface area contributed by atoms with E-state index in [0.717, 1.165) is 0 Å². The Hall–Kier alpha value is -1.01. The standard InChI is InChI=1S/C14H24O5S/c1-9(2)13(16)18-6-12(15)7-19-14(17)11(5)8-20-10(3)4/h10-12,15H,1,6-8H2,2-5H3. The predicted octanol–water partition coefficient (Wildman–Crippen LogP) is 1.79. The third-order valence-corrected chi connectivity index (χ3v) is 3.61. The molecule has 2 unspecified atom stereocenters. The predicted molar refractivity (Wildman–Crippen MR) is 79.5 cm³/mol. The summed E-state index contributed by atoms with van der Waals surface area (Å²) in [5, 5.41) is 10.00. The molecule has 0 amide bonds. The van der Waals surface area contributed by atoms with Crippen molar-refractivity contribution in [3.63, 3.8) is 0 Å². The number of hydrogen-bond acceptors (Lipinski definition) is 6. The fourth-order valence-corrected chi connectivity index (χ4v) is 1.88. The van der Waals surface area contributed by atoms with Gasteiger partial charge in [-0.25, -0.2) is 4.79 Å². The Morgan fingerprint density at radius 3 is 2.25 bits per heavy atom. The molecular weight excluding hydrogens is 280 g/mol. The van der Waals surface area contributed by atoms with E-state index in [9.17, 15) is 14.7 Å². The molecule has 0 fully saturated rings. The van der Waals surface area contributed by atoms with Crippen LogP contribution in [0.1, 0.15) is 27.7 Å². The molecule has 0 saturated carbocycles. The topological polar surface area (TPSA) is 72.8 Å². The minimum Gasteiger partial charge on any atom is -0.463 e. The quantitative estimate of drug-likeness (QED) is 0.517. The molecule has 0 rings (SSSR count). The molecule has 0 aliphatic carbocycles. The van der Waals surface area contributed by atoms with Crippen molar-refractivity contribution in [1.82, 2.24) is 0 Å². The second kappa shape index (κ2) is 9.83. The van der Waals surface area contributed by atoms with Gasteiger partial charge in [0.25, 0.3) is 0 Å². The molecule has 0 bridgehead atoms. The van der Waals surface area contributed by atoms with Crippen LogP contribution in [0, 0.1) is 5.92 Å². The molecule has 20 heavy (non-hydrogen) atoms. The van der Waals surface area contributed by atoms with Gasteiger partial charge in [-0.15, -0.1) is 0 Å². The second-order valence-electron chi connectivity index (χ2n) is 4.95. The van der Waals surface area contributed by atoms with Gasteiger partial charge in [0.2, 0.25) is 0 Å². The Morgan fingerprint density at radius 1 is 1.20 bits per heavy atom. The van der Waals surface area contributed by atoms with Crippen LogP contribution in [0.25, 0.3) is 0 Å². The van der Waals surface area contributed by atoms with Gasteiger partial charge < -0.3 is 14.6 Å². The van der Waals surface area contributed by atoms with Crippen molar-refractivity contribution >= 4 is 23.7 Å². The molecule has 0 aliphatic heterocycles. The summed E-state index contributed by atoms with van der Waals surface area (Å²) in [6.45, 7) is 10.4. The lowest BCUT2D eigenvalue weighted by atomic mass is 10.2. The summed E-state index contributed by atoms with van der Waals surface area (Å²) in [4.78, 5) is 22.7. The third kappa shape index (κ3) is 8.98. The number of rotatable bonds is 9. The number of thioether (sulfide) groups is 1. The summed E-state index contributed by atoms with van der Waals surface area (Å²) in [6, 6.07) is 0. The monoisotopic (exact) mass is 304 g/mol. The van der Waals surface area contributed by atoms with Crippen LogP contribution in [-0.2, 0) is 19.1 Å². The van der Waals surface area contributed by atoms with Crippen LogP contribution >= 0.6 is 11.8 Å². The largest absolute Gasteiger partial charge is 0.463 e. The zero-order valence-corrected chi connectivity index (χ0v) is 13.4. The molecule has 0 heterocycles. The van der Waals surface area contributed by atoms with E-state index in [4.69, 9.17) is 9.47 Å². The van der Waals surface area contributed by atoms with Crippen molar-refractivity contribution in [3.05, 3.63) is 12.2 Å². The number of carbonyl (C=O) groups excluding carboxylic acids is 2. The first-order chi connectivity index (χ1) is 9.23. The fraction of sp³-hybridized carbons (Fsp3) is 0.714. The van der Waals surface area contributed by atoms with Gasteiger partial charge in [-0.05, 0) is 12.2 Å². The number of ether oxygens (including phenoxy) is 2. The highest BCUT2D eigenvalue weighted by Crippen LogP contribution is 2.15. The molecule has 1 N–H and O–H groups in total. The average Bonchev–Trinajstić information content (AvgIpc) is 2.38. The van der Waals surface area contributed by atoms with Crippen molar-refractivity contribution in [2.45, 2.75) is 39.0 Å². The Labute approximate surface area is 124 Å². The third-order valence-electron chi connectivity index (χ3n) is 2.26. The maximum atomic E-state index is 11.6. The number of aliphatic hydroxyl groups is 1. The van der Waals surface area contributed by atoms with E-state index in [1.807, 2.05) is 0 Å². The van der Waals surface area contributed by atoms with E-state index in [1.54, 1.807) is 18.7 Å². The lowest BCUT2D eigenvalue weighted by Gasteiger charge is -2.15. The molecule has 0 aromatic carbocycles. The van der Waals surface area contributed by atoms with Gasteiger partial charge in [0.1, 0.15) is 19.3 Å². The fourth-order valence-electron chi connectivity index (χ4n) is 1.07. The van der Waals surface area contributed by atoms with Crippen LogP contribution in [0.3, 0.4) is 0 Å². The minimum absolute atomic E-state index is 0.182. The molecule has 0 radical (unpaired) electrons. The first-order valence-electron chi connectivity index (χ1n) is 6.53. The molecule has 0 aliphatic rings. The number of hydrogen-bond donors (Lipinski definition) is 1. The smallest absolute Gasteiger partial charge is 0.333 e. The summed E-state index contributed by atoms with van der Waals surface area (Å²) in [5.41, 5.74) is 0.258. The molecule has 6 heteroatoms. The Kier molecular flexibility index (Phi) is 9.33. The van der Waals surface area contributed by atoms with E-state index in [0.29, 0.717) is 11.0 Å². The van der Waals surface area contributed by atoms with Crippen LogP contribution in [0.15, 0.2) is 12.2 Å². The highest BCUT2D eigenvalue weighted by atomic mass is 32.2. The van der Waals surface area contributed by atoms with Gasteiger partial charge in [0.15, 0.2) is 0 Å². The minimum atomic E-state index is -1.02. The van der Waals surface area contributed by atoms with Gasteiger partial charge in [0.05, 0.1) is 5.92 Å². The molecule has 116 valence electrons. The molecule has 0 aromatic rings. The summed E-state index contributed by atoms with van der Waals surface area (Å²) in [5.74, 6) is -0.481. The molecule has 0 saturated heterocycles. The maximum absolute atomic E-state index is 11.6. The van der Waals surface area contributed by atoms with Crippen LogP contribution in [-0.4, -0.2) is 47.4 Å². The van der Waals surface area contributed by atoms with Crippen molar-refractivity contribution in [2.24, 2.45) is 5.92 Å². The van der Waals surface area contributed by atoms with Crippen molar-refractivity contribution in [2.75, 3.05) is 19.0 Å². The summed E-state index contributed by atoms with van der Waals surface area (Å²) in [7, 11) is 0. The molecular formula is C14H24O5S. The van der Waals surface area contributed by atoms with Crippen LogP contribution in [0.2, 0.25) is 0 Å². The Morgan fingerprint density at radius 2 is 1.75 bits per heavy atom. The summed E-state index contributed by atoms with van der Waals surface area (Å²) < 4.78 is 9.73. The van der Waals surface area contributed by atoms with Gasteiger partial charge in [0, 0.05) is 11.3 Å². The average molecular weight is 304 g/mol. The van der Waals surface area contributed by atoms with Crippen molar-refractivity contribution in [3.8, 4) is 0 Å². The van der Waals surface area contributed by atoms with E-state index in [1.165, 1.54) is 6.92 Å². The molecule has 0 spiro atoms. The number of aliphatic hydroxyl groups excluding tert-OH is 1. The zero-order valence-electron chi connectivity index (χ0n) is 12.5. The van der Waals surface area contributed by atoms with Gasteiger partial charge in [-0.1, -0.05) is 27.4 Å². The van der Waals surface area contributed by atoms with Gasteiger partial charge >= 0.3 is 11.9 Å². The van der Waals surface area contributed by atoms with Gasteiger partial charge in [-0.3, -0.25) is 4.79 Å². The van der Waals surface area contributed by atoms with Crippen LogP contribution < -0.4 is 0 Å². The van der Waals surface area contributed by atoms with E-state index >= 15 is 0 Å². The number of esters is 2. The highest BCUT2D eigenvalue weighted by molar-refractivity contribution is 7.99. The first-order valence-corrected chi connectivity index (χ1v) is 7.57. The van der Waals surface area contributed by atoms with E-state index in [-0.39, 0.29) is 30.7 Å². The molecule has 5 nitrogen and oxygen atoms in total. The lowest BCUT2D eigenvalue weighted by molar-refractivity contribution is -0.153. The normalized spacial score (nSPS) is 13.7. The highest BCUT2D eigenvalue weighted by Gasteiger charge is 2.17. The SMILES string of the molecule is C=C(C)C(=O)OCC(O)COC(=O)C(C)CSC(C)C. The molecule has 0 aromatic heterocycles. The first kappa shape index (κ1) is 19.0. The second-order valence-corrected chi connectivity index (χ2v) is 6.56. The number of carbonyl (C=O) groups is 2. The summed E-state index contributed by atoms with van der Waals surface area (Å²) in [6.07, 6.45) is -1.02. The Balaban J connectivity index is 3.88. The van der Waals surface area contributed by atoms with E-state index in [2.05, 4.69) is 20.4 Å². The lowest BCUT2D eigenvalue weighted by Crippen LogP contribution is -2.27. The van der Waals surface area contributed by atoms with Crippen LogP contribution in [0.4, 0.5) is 0 Å². The van der Waals surface area contributed by atoms with Crippen molar-refractivity contribution < 1.29 is 24.2 Å². The Bertz CT molecular complexity index is 340. The van der Waals surface area contributed by atoms with Crippen LogP contribution in [0.5, 0.6) is 0 Å². The zero-order chi connectivity index (χ0) is 15.7. The van der Waals surface area contributed by atoms with E-state index < -0.39 is 12.1 Å². The molecule has 2 atom stereocenters. The summed E-state index contributed by atoms with van der Waals surface area (Å²) >= 11 is 1.68.